The van der Waals surface area contributed by atoms with Gasteiger partial charge in [0.2, 0.25) is 0 Å². The van der Waals surface area contributed by atoms with Crippen molar-refractivity contribution in [3.63, 3.8) is 0 Å². The summed E-state index contributed by atoms with van der Waals surface area (Å²) in [5.74, 6) is 0.990. The third-order valence-electron chi connectivity index (χ3n) is 3.73. The van der Waals surface area contributed by atoms with Gasteiger partial charge in [0.25, 0.3) is 0 Å². The fourth-order valence-electron chi connectivity index (χ4n) is 2.55. The molecular formula is C14H21N3. The molecular weight excluding hydrogens is 210 g/mol. The van der Waals surface area contributed by atoms with Crippen LogP contribution < -0.4 is 10.6 Å². The normalized spacial score (nSPS) is 19.6. The molecule has 17 heavy (non-hydrogen) atoms. The van der Waals surface area contributed by atoms with Gasteiger partial charge >= 0.3 is 0 Å². The van der Waals surface area contributed by atoms with Crippen molar-refractivity contribution in [3.05, 3.63) is 29.3 Å². The maximum absolute atomic E-state index is 7.48. The van der Waals surface area contributed by atoms with Gasteiger partial charge in [0, 0.05) is 24.3 Å². The molecule has 1 saturated heterocycles. The maximum Gasteiger partial charge on any atom is 0.123 e. The predicted molar refractivity (Wildman–Crippen MR) is 72.8 cm³/mol. The second kappa shape index (κ2) is 4.78. The molecule has 1 unspecified atom stereocenters. The van der Waals surface area contributed by atoms with Crippen molar-refractivity contribution < 1.29 is 0 Å². The molecule has 0 saturated carbocycles. The van der Waals surface area contributed by atoms with E-state index in [4.69, 9.17) is 11.1 Å². The predicted octanol–water partition coefficient (Wildman–Crippen LogP) is 2.52. The summed E-state index contributed by atoms with van der Waals surface area (Å²) in [4.78, 5) is 2.44. The molecule has 92 valence electrons. The summed E-state index contributed by atoms with van der Waals surface area (Å²) >= 11 is 0. The average Bonchev–Trinajstić information content (AvgIpc) is 2.76. The van der Waals surface area contributed by atoms with Crippen molar-refractivity contribution >= 4 is 11.5 Å². The molecule has 1 aliphatic rings. The van der Waals surface area contributed by atoms with Crippen molar-refractivity contribution in [3.8, 4) is 0 Å². The fraction of sp³-hybridized carbons (Fsp3) is 0.500. The highest BCUT2D eigenvalue weighted by molar-refractivity contribution is 5.96. The van der Waals surface area contributed by atoms with Crippen LogP contribution in [0, 0.1) is 18.3 Å². The Kier molecular flexibility index (Phi) is 3.36. The summed E-state index contributed by atoms with van der Waals surface area (Å²) in [7, 11) is 0. The molecule has 3 N–H and O–H groups in total. The topological polar surface area (TPSA) is 53.1 Å². The number of aryl methyl sites for hydroxylation is 1. The first-order chi connectivity index (χ1) is 8.11. The monoisotopic (exact) mass is 231 g/mol. The van der Waals surface area contributed by atoms with Gasteiger partial charge in [-0.3, -0.25) is 5.41 Å². The lowest BCUT2D eigenvalue weighted by Crippen LogP contribution is -2.20. The molecule has 2 rings (SSSR count). The zero-order valence-corrected chi connectivity index (χ0v) is 10.7. The third kappa shape index (κ3) is 2.43. The maximum atomic E-state index is 7.48. The molecule has 1 aliphatic heterocycles. The molecule has 1 fully saturated rings. The minimum absolute atomic E-state index is 0.155. The van der Waals surface area contributed by atoms with E-state index in [0.29, 0.717) is 0 Å². The van der Waals surface area contributed by atoms with Crippen molar-refractivity contribution in [2.75, 3.05) is 18.0 Å². The van der Waals surface area contributed by atoms with E-state index in [-0.39, 0.29) is 5.84 Å². The second-order valence-corrected chi connectivity index (χ2v) is 4.92. The zero-order chi connectivity index (χ0) is 12.4. The molecule has 0 spiro atoms. The second-order valence-electron chi connectivity index (χ2n) is 4.92. The minimum Gasteiger partial charge on any atom is -0.384 e. The number of nitrogens with zero attached hydrogens (tertiary/aromatic N) is 1. The Morgan fingerprint density at radius 2 is 2.29 bits per heavy atom. The van der Waals surface area contributed by atoms with Crippen LogP contribution in [0.2, 0.25) is 0 Å². The van der Waals surface area contributed by atoms with Crippen LogP contribution in [0.25, 0.3) is 0 Å². The third-order valence-corrected chi connectivity index (χ3v) is 3.73. The summed E-state index contributed by atoms with van der Waals surface area (Å²) in [6, 6.07) is 6.20. The van der Waals surface area contributed by atoms with Gasteiger partial charge in [0.05, 0.1) is 0 Å². The van der Waals surface area contributed by atoms with E-state index in [0.717, 1.165) is 30.1 Å². The van der Waals surface area contributed by atoms with Gasteiger partial charge in [-0.1, -0.05) is 13.3 Å². The number of benzene rings is 1. The highest BCUT2D eigenvalue weighted by Gasteiger charge is 2.21. The molecule has 3 heteroatoms. The van der Waals surface area contributed by atoms with Crippen LogP contribution in [-0.4, -0.2) is 18.9 Å². The lowest BCUT2D eigenvalue weighted by Gasteiger charge is -2.20. The van der Waals surface area contributed by atoms with Crippen molar-refractivity contribution in [2.45, 2.75) is 26.7 Å². The van der Waals surface area contributed by atoms with Gasteiger partial charge in [0.1, 0.15) is 5.84 Å². The molecule has 1 aromatic rings. The number of rotatable bonds is 3. The number of hydrogen-bond donors (Lipinski definition) is 2. The van der Waals surface area contributed by atoms with Crippen LogP contribution in [-0.2, 0) is 0 Å². The number of nitrogen functional groups attached to an aromatic ring is 1. The standard InChI is InChI=1S/C14H21N3/c1-3-11-6-7-17(9-11)12-4-5-13(14(15)16)10(2)8-12/h4-5,8,11H,3,6-7,9H2,1-2H3,(H3,15,16). The van der Waals surface area contributed by atoms with Crippen molar-refractivity contribution in [2.24, 2.45) is 11.7 Å². The first-order valence-corrected chi connectivity index (χ1v) is 6.31. The lowest BCUT2D eigenvalue weighted by molar-refractivity contribution is 0.569. The summed E-state index contributed by atoms with van der Waals surface area (Å²) in [6.07, 6.45) is 2.56. The highest BCUT2D eigenvalue weighted by Crippen LogP contribution is 2.26. The van der Waals surface area contributed by atoms with Crippen molar-refractivity contribution in [1.82, 2.24) is 0 Å². The van der Waals surface area contributed by atoms with Crippen LogP contribution in [0.1, 0.15) is 30.9 Å². The van der Waals surface area contributed by atoms with E-state index in [1.807, 2.05) is 13.0 Å². The fourth-order valence-corrected chi connectivity index (χ4v) is 2.55. The number of hydrogen-bond acceptors (Lipinski definition) is 2. The Morgan fingerprint density at radius 3 is 2.82 bits per heavy atom. The Labute approximate surface area is 103 Å². The van der Waals surface area contributed by atoms with E-state index in [1.165, 1.54) is 18.5 Å². The average molecular weight is 231 g/mol. The zero-order valence-electron chi connectivity index (χ0n) is 10.7. The molecule has 0 bridgehead atoms. The SMILES string of the molecule is CCC1CCN(c2ccc(C(=N)N)c(C)c2)C1. The number of anilines is 1. The Bertz CT molecular complexity index is 425. The number of nitrogens with two attached hydrogens (primary N) is 1. The first kappa shape index (κ1) is 12.0. The minimum atomic E-state index is 0.155. The van der Waals surface area contributed by atoms with Crippen LogP contribution in [0.15, 0.2) is 18.2 Å². The van der Waals surface area contributed by atoms with Gasteiger partial charge in [-0.15, -0.1) is 0 Å². The van der Waals surface area contributed by atoms with Gasteiger partial charge in [-0.2, -0.15) is 0 Å². The molecule has 0 radical (unpaired) electrons. The van der Waals surface area contributed by atoms with E-state index in [2.05, 4.69) is 24.0 Å². The lowest BCUT2D eigenvalue weighted by atomic mass is 10.1. The van der Waals surface area contributed by atoms with Crippen molar-refractivity contribution in [1.29, 1.82) is 5.41 Å². The summed E-state index contributed by atoms with van der Waals surface area (Å²) in [5.41, 5.74) is 8.74. The summed E-state index contributed by atoms with van der Waals surface area (Å²) in [6.45, 7) is 6.60. The van der Waals surface area contributed by atoms with Gasteiger partial charge in [-0.25, -0.2) is 0 Å². The van der Waals surface area contributed by atoms with E-state index in [1.54, 1.807) is 0 Å². The van der Waals surface area contributed by atoms with Crippen LogP contribution in [0.4, 0.5) is 5.69 Å². The summed E-state index contributed by atoms with van der Waals surface area (Å²) in [5, 5.41) is 7.48. The molecule has 1 atom stereocenters. The molecule has 0 aromatic heterocycles. The molecule has 1 aromatic carbocycles. The Hall–Kier alpha value is -1.51. The van der Waals surface area contributed by atoms with Crippen LogP contribution in [0.3, 0.4) is 0 Å². The van der Waals surface area contributed by atoms with E-state index < -0.39 is 0 Å². The van der Waals surface area contributed by atoms with Gasteiger partial charge in [-0.05, 0) is 43.0 Å². The molecule has 1 heterocycles. The number of nitrogens with one attached hydrogen (secondary N) is 1. The van der Waals surface area contributed by atoms with E-state index >= 15 is 0 Å². The first-order valence-electron chi connectivity index (χ1n) is 6.31. The summed E-state index contributed by atoms with van der Waals surface area (Å²) < 4.78 is 0. The largest absolute Gasteiger partial charge is 0.384 e. The molecule has 0 aliphatic carbocycles. The quantitative estimate of drug-likeness (QED) is 0.620. The van der Waals surface area contributed by atoms with Crippen LogP contribution >= 0.6 is 0 Å². The molecule has 0 amide bonds. The van der Waals surface area contributed by atoms with Crippen LogP contribution in [0.5, 0.6) is 0 Å². The number of amidine groups is 1. The Balaban J connectivity index is 2.18. The molecule has 3 nitrogen and oxygen atoms in total. The van der Waals surface area contributed by atoms with Gasteiger partial charge < -0.3 is 10.6 Å². The highest BCUT2D eigenvalue weighted by atomic mass is 15.1. The smallest absolute Gasteiger partial charge is 0.123 e. The van der Waals surface area contributed by atoms with Gasteiger partial charge in [0.15, 0.2) is 0 Å². The van der Waals surface area contributed by atoms with E-state index in [9.17, 15) is 0 Å². The Morgan fingerprint density at radius 1 is 1.53 bits per heavy atom.